The largest absolute Gasteiger partial charge is 0.497 e. The predicted molar refractivity (Wildman–Crippen MR) is 132 cm³/mol. The van der Waals surface area contributed by atoms with Crippen molar-refractivity contribution in [1.29, 1.82) is 0 Å². The quantitative estimate of drug-likeness (QED) is 0.540. The van der Waals surface area contributed by atoms with Gasteiger partial charge >= 0.3 is 0 Å². The molecule has 0 bridgehead atoms. The van der Waals surface area contributed by atoms with Crippen LogP contribution in [-0.4, -0.2) is 52.2 Å². The minimum atomic E-state index is -3.45. The Morgan fingerprint density at radius 2 is 1.70 bits per heavy atom. The summed E-state index contributed by atoms with van der Waals surface area (Å²) in [6, 6.07) is 15.1. The number of hydrogen-bond donors (Lipinski definition) is 1. The van der Waals surface area contributed by atoms with Crippen LogP contribution in [-0.2, 0) is 27.9 Å². The third kappa shape index (κ3) is 7.75. The summed E-state index contributed by atoms with van der Waals surface area (Å²) in [5, 5.41) is 3.00. The van der Waals surface area contributed by atoms with Gasteiger partial charge in [0.25, 0.3) is 0 Å². The first kappa shape index (κ1) is 25.1. The van der Waals surface area contributed by atoms with Gasteiger partial charge in [-0.25, -0.2) is 8.42 Å². The number of benzene rings is 2. The number of sulfonamides is 1. The molecule has 0 aromatic heterocycles. The highest BCUT2D eigenvalue weighted by atomic mass is 32.2. The Balaban J connectivity index is 1.50. The molecule has 0 radical (unpaired) electrons. The first-order chi connectivity index (χ1) is 15.9. The number of nitrogens with one attached hydrogen (secondary N) is 1. The van der Waals surface area contributed by atoms with Crippen LogP contribution in [0.25, 0.3) is 0 Å². The third-order valence-electron chi connectivity index (χ3n) is 5.96. The van der Waals surface area contributed by atoms with Crippen molar-refractivity contribution in [3.63, 3.8) is 0 Å². The van der Waals surface area contributed by atoms with E-state index in [-0.39, 0.29) is 18.9 Å². The molecule has 180 valence electrons. The standard InChI is InChI=1S/C25H35N3O4S/c1-32-24-14-12-23(13-15-24)28(33(2,30)31)18-8-11-25(29)26-19-21-9-4-5-10-22(21)20-27-16-6-3-7-17-27/h4-5,9-10,12-15H,3,6-8,11,16-20H2,1-2H3,(H,26,29). The molecule has 7 nitrogen and oxygen atoms in total. The highest BCUT2D eigenvalue weighted by Crippen LogP contribution is 2.22. The van der Waals surface area contributed by atoms with Crippen LogP contribution < -0.4 is 14.4 Å². The summed E-state index contributed by atoms with van der Waals surface area (Å²) in [5.74, 6) is 0.582. The van der Waals surface area contributed by atoms with Crippen molar-refractivity contribution in [2.75, 3.05) is 37.3 Å². The Bertz CT molecular complexity index is 1000. The summed E-state index contributed by atoms with van der Waals surface area (Å²) < 4.78 is 31.0. The maximum absolute atomic E-state index is 12.5. The zero-order valence-electron chi connectivity index (χ0n) is 19.6. The maximum Gasteiger partial charge on any atom is 0.232 e. The van der Waals surface area contributed by atoms with E-state index >= 15 is 0 Å². The van der Waals surface area contributed by atoms with Gasteiger partial charge in [0.1, 0.15) is 5.75 Å². The fraction of sp³-hybridized carbons (Fsp3) is 0.480. The molecule has 0 spiro atoms. The van der Waals surface area contributed by atoms with Gasteiger partial charge in [-0.05, 0) is 67.7 Å². The highest BCUT2D eigenvalue weighted by Gasteiger charge is 2.18. The number of anilines is 1. The van der Waals surface area contributed by atoms with Gasteiger partial charge in [0.05, 0.1) is 19.1 Å². The Labute approximate surface area is 197 Å². The Morgan fingerprint density at radius 1 is 1.03 bits per heavy atom. The first-order valence-electron chi connectivity index (χ1n) is 11.5. The molecule has 1 N–H and O–H groups in total. The van der Waals surface area contributed by atoms with E-state index in [9.17, 15) is 13.2 Å². The number of carbonyl (C=O) groups is 1. The fourth-order valence-corrected chi connectivity index (χ4v) is 5.11. The number of rotatable bonds is 11. The molecule has 1 saturated heterocycles. The van der Waals surface area contributed by atoms with E-state index in [1.807, 2.05) is 12.1 Å². The van der Waals surface area contributed by atoms with Gasteiger partial charge in [-0.1, -0.05) is 30.7 Å². The van der Waals surface area contributed by atoms with E-state index in [1.165, 1.54) is 35.4 Å². The summed E-state index contributed by atoms with van der Waals surface area (Å²) in [6.07, 6.45) is 5.68. The van der Waals surface area contributed by atoms with E-state index in [0.29, 0.717) is 24.4 Å². The average molecular weight is 474 g/mol. The van der Waals surface area contributed by atoms with Crippen molar-refractivity contribution in [3.8, 4) is 5.75 Å². The van der Waals surface area contributed by atoms with Crippen molar-refractivity contribution in [2.24, 2.45) is 0 Å². The van der Waals surface area contributed by atoms with Crippen LogP contribution in [0, 0.1) is 0 Å². The van der Waals surface area contributed by atoms with E-state index in [1.54, 1.807) is 31.4 Å². The second-order valence-corrected chi connectivity index (χ2v) is 10.4. The Kier molecular flexibility index (Phi) is 9.14. The van der Waals surface area contributed by atoms with E-state index in [0.717, 1.165) is 25.2 Å². The number of nitrogens with zero attached hydrogens (tertiary/aromatic N) is 2. The van der Waals surface area contributed by atoms with Crippen molar-refractivity contribution >= 4 is 21.6 Å². The number of piperidine rings is 1. The summed E-state index contributed by atoms with van der Waals surface area (Å²) >= 11 is 0. The lowest BCUT2D eigenvalue weighted by atomic mass is 10.0. The maximum atomic E-state index is 12.5. The molecule has 2 aromatic rings. The topological polar surface area (TPSA) is 79.0 Å². The van der Waals surface area contributed by atoms with E-state index in [4.69, 9.17) is 4.74 Å². The van der Waals surface area contributed by atoms with Crippen molar-refractivity contribution in [1.82, 2.24) is 10.2 Å². The summed E-state index contributed by atoms with van der Waals surface area (Å²) in [7, 11) is -1.89. The number of carbonyl (C=O) groups excluding carboxylic acids is 1. The van der Waals surface area contributed by atoms with Crippen LogP contribution in [0.5, 0.6) is 5.75 Å². The van der Waals surface area contributed by atoms with E-state index < -0.39 is 10.0 Å². The lowest BCUT2D eigenvalue weighted by molar-refractivity contribution is -0.121. The molecule has 1 amide bonds. The number of amides is 1. The zero-order chi connectivity index (χ0) is 23.7. The molecule has 33 heavy (non-hydrogen) atoms. The number of ether oxygens (including phenoxy) is 1. The molecule has 3 rings (SSSR count). The molecule has 0 aliphatic carbocycles. The number of methoxy groups -OCH3 is 1. The van der Waals surface area contributed by atoms with Gasteiger partial charge in [-0.3, -0.25) is 14.0 Å². The second-order valence-electron chi connectivity index (χ2n) is 8.52. The summed E-state index contributed by atoms with van der Waals surface area (Å²) in [6.45, 7) is 3.90. The molecular formula is C25H35N3O4S. The molecule has 0 unspecified atom stereocenters. The summed E-state index contributed by atoms with van der Waals surface area (Å²) in [5.41, 5.74) is 2.94. The predicted octanol–water partition coefficient (Wildman–Crippen LogP) is 3.54. The molecular weight excluding hydrogens is 438 g/mol. The molecule has 1 fully saturated rings. The van der Waals surface area contributed by atoms with Gasteiger partial charge in [0.15, 0.2) is 0 Å². The number of hydrogen-bond acceptors (Lipinski definition) is 5. The second kappa shape index (κ2) is 12.0. The van der Waals surface area contributed by atoms with Gasteiger partial charge in [-0.2, -0.15) is 0 Å². The molecule has 2 aromatic carbocycles. The van der Waals surface area contributed by atoms with Crippen molar-refractivity contribution in [3.05, 3.63) is 59.7 Å². The molecule has 1 aliphatic heterocycles. The normalized spacial score (nSPS) is 14.6. The average Bonchev–Trinajstić information content (AvgIpc) is 2.81. The fourth-order valence-electron chi connectivity index (χ4n) is 4.14. The first-order valence-corrected chi connectivity index (χ1v) is 13.4. The zero-order valence-corrected chi connectivity index (χ0v) is 20.4. The monoisotopic (exact) mass is 473 g/mol. The third-order valence-corrected chi connectivity index (χ3v) is 7.16. The number of likely N-dealkylation sites (tertiary alicyclic amines) is 1. The van der Waals surface area contributed by atoms with Gasteiger partial charge in [0.2, 0.25) is 15.9 Å². The van der Waals surface area contributed by atoms with Crippen LogP contribution in [0.4, 0.5) is 5.69 Å². The molecule has 1 heterocycles. The molecule has 1 aliphatic rings. The minimum Gasteiger partial charge on any atom is -0.497 e. The van der Waals surface area contributed by atoms with Crippen LogP contribution in [0.2, 0.25) is 0 Å². The molecule has 8 heteroatoms. The van der Waals surface area contributed by atoms with E-state index in [2.05, 4.69) is 22.3 Å². The summed E-state index contributed by atoms with van der Waals surface area (Å²) in [4.78, 5) is 14.9. The van der Waals surface area contributed by atoms with Gasteiger partial charge < -0.3 is 10.1 Å². The van der Waals surface area contributed by atoms with Gasteiger partial charge in [-0.15, -0.1) is 0 Å². The lowest BCUT2D eigenvalue weighted by Gasteiger charge is -2.27. The van der Waals surface area contributed by atoms with Crippen LogP contribution in [0.1, 0.15) is 43.2 Å². The lowest BCUT2D eigenvalue weighted by Crippen LogP contribution is -2.32. The van der Waals surface area contributed by atoms with Gasteiger partial charge in [0, 0.05) is 26.1 Å². The van der Waals surface area contributed by atoms with Crippen molar-refractivity contribution in [2.45, 2.75) is 45.2 Å². The smallest absolute Gasteiger partial charge is 0.232 e. The SMILES string of the molecule is COc1ccc(N(CCCC(=O)NCc2ccccc2CN2CCCCC2)S(C)(=O)=O)cc1. The molecule has 0 atom stereocenters. The Morgan fingerprint density at radius 3 is 2.33 bits per heavy atom. The van der Waals surface area contributed by atoms with Crippen LogP contribution in [0.15, 0.2) is 48.5 Å². The van der Waals surface area contributed by atoms with Crippen LogP contribution in [0.3, 0.4) is 0 Å². The minimum absolute atomic E-state index is 0.0778. The highest BCUT2D eigenvalue weighted by molar-refractivity contribution is 7.92. The van der Waals surface area contributed by atoms with Crippen LogP contribution >= 0.6 is 0 Å². The Hall–Kier alpha value is -2.58. The van der Waals surface area contributed by atoms with Crippen molar-refractivity contribution < 1.29 is 17.9 Å². The molecule has 0 saturated carbocycles.